The van der Waals surface area contributed by atoms with Crippen LogP contribution in [0.1, 0.15) is 13.8 Å². The minimum Gasteiger partial charge on any atom is -0.491 e. The summed E-state index contributed by atoms with van der Waals surface area (Å²) < 4.78 is 5.66. The molecule has 2 aromatic rings. The molecule has 0 amide bonds. The smallest absolute Gasteiger partial charge is 0.122 e. The normalized spacial score (nSPS) is 10.7. The van der Waals surface area contributed by atoms with Gasteiger partial charge in [0.05, 0.1) is 11.1 Å². The number of hydrogen-bond donors (Lipinski definition) is 1. The summed E-state index contributed by atoms with van der Waals surface area (Å²) in [6.45, 7) is 3.96. The lowest BCUT2D eigenvalue weighted by Crippen LogP contribution is -2.05. The predicted octanol–water partition coefficient (Wildman–Crippen LogP) is 4.26. The van der Waals surface area contributed by atoms with E-state index in [2.05, 4.69) is 4.98 Å². The van der Waals surface area contributed by atoms with Gasteiger partial charge in [-0.25, -0.2) is 4.98 Å². The standard InChI is InChI=1S/C14H15ClN2OS/c1-9(2)18-11-6-10(16)7-12(8-11)19-14-13(15)4-3-5-17-14/h3-9H,16H2,1-2H3. The maximum absolute atomic E-state index is 6.09. The Labute approximate surface area is 122 Å². The van der Waals surface area contributed by atoms with E-state index in [0.29, 0.717) is 10.7 Å². The van der Waals surface area contributed by atoms with Crippen LogP contribution in [0.2, 0.25) is 5.02 Å². The van der Waals surface area contributed by atoms with Gasteiger partial charge in [0.2, 0.25) is 0 Å². The number of anilines is 1. The van der Waals surface area contributed by atoms with E-state index < -0.39 is 0 Å². The van der Waals surface area contributed by atoms with E-state index >= 15 is 0 Å². The third kappa shape index (κ3) is 4.04. The Bertz CT molecular complexity index is 575. The van der Waals surface area contributed by atoms with Crippen molar-refractivity contribution in [1.29, 1.82) is 0 Å². The van der Waals surface area contributed by atoms with Crippen LogP contribution in [0.3, 0.4) is 0 Å². The molecule has 0 saturated carbocycles. The van der Waals surface area contributed by atoms with Crippen LogP contribution in [-0.2, 0) is 0 Å². The molecule has 0 aliphatic carbocycles. The average Bonchev–Trinajstić information content (AvgIpc) is 2.30. The van der Waals surface area contributed by atoms with Crippen LogP contribution in [0.5, 0.6) is 5.75 Å². The van der Waals surface area contributed by atoms with E-state index in [1.165, 1.54) is 11.8 Å². The van der Waals surface area contributed by atoms with Gasteiger partial charge in [0, 0.05) is 22.8 Å². The maximum atomic E-state index is 6.09. The highest BCUT2D eigenvalue weighted by atomic mass is 35.5. The largest absolute Gasteiger partial charge is 0.491 e. The fraction of sp³-hybridized carbons (Fsp3) is 0.214. The summed E-state index contributed by atoms with van der Waals surface area (Å²) in [6.07, 6.45) is 1.82. The van der Waals surface area contributed by atoms with Crippen molar-refractivity contribution in [1.82, 2.24) is 4.98 Å². The van der Waals surface area contributed by atoms with Gasteiger partial charge in [-0.1, -0.05) is 23.4 Å². The zero-order chi connectivity index (χ0) is 13.8. The van der Waals surface area contributed by atoms with Crippen LogP contribution in [-0.4, -0.2) is 11.1 Å². The number of ether oxygens (including phenoxy) is 1. The molecule has 5 heteroatoms. The summed E-state index contributed by atoms with van der Waals surface area (Å²) in [6, 6.07) is 9.24. The van der Waals surface area contributed by atoms with Gasteiger partial charge >= 0.3 is 0 Å². The molecule has 1 aromatic carbocycles. The molecule has 1 heterocycles. The lowest BCUT2D eigenvalue weighted by atomic mass is 10.3. The highest BCUT2D eigenvalue weighted by Gasteiger charge is 2.07. The van der Waals surface area contributed by atoms with Crippen molar-refractivity contribution in [3.05, 3.63) is 41.6 Å². The molecule has 2 rings (SSSR count). The molecule has 0 saturated heterocycles. The van der Waals surface area contributed by atoms with E-state index in [1.807, 2.05) is 38.1 Å². The van der Waals surface area contributed by atoms with E-state index in [-0.39, 0.29) is 6.10 Å². The van der Waals surface area contributed by atoms with Crippen molar-refractivity contribution in [3.8, 4) is 5.75 Å². The van der Waals surface area contributed by atoms with Crippen LogP contribution in [0.25, 0.3) is 0 Å². The molecule has 1 aromatic heterocycles. The number of hydrogen-bond acceptors (Lipinski definition) is 4. The van der Waals surface area contributed by atoms with Gasteiger partial charge in [0.25, 0.3) is 0 Å². The third-order valence-electron chi connectivity index (χ3n) is 2.21. The molecular weight excluding hydrogens is 280 g/mol. The Morgan fingerprint density at radius 1 is 1.32 bits per heavy atom. The average molecular weight is 295 g/mol. The van der Waals surface area contributed by atoms with E-state index in [0.717, 1.165) is 15.7 Å². The first-order valence-electron chi connectivity index (χ1n) is 5.90. The first kappa shape index (κ1) is 14.0. The van der Waals surface area contributed by atoms with Gasteiger partial charge in [-0.15, -0.1) is 0 Å². The number of benzene rings is 1. The second-order valence-electron chi connectivity index (χ2n) is 4.30. The number of nitrogens with zero attached hydrogens (tertiary/aromatic N) is 1. The van der Waals surface area contributed by atoms with Gasteiger partial charge in [0.15, 0.2) is 0 Å². The molecular formula is C14H15ClN2OS. The molecule has 0 radical (unpaired) electrons. The highest BCUT2D eigenvalue weighted by Crippen LogP contribution is 2.34. The highest BCUT2D eigenvalue weighted by molar-refractivity contribution is 7.99. The molecule has 0 fully saturated rings. The van der Waals surface area contributed by atoms with Crippen LogP contribution in [0, 0.1) is 0 Å². The van der Waals surface area contributed by atoms with Crippen LogP contribution in [0.4, 0.5) is 5.69 Å². The van der Waals surface area contributed by atoms with Gasteiger partial charge in [-0.05, 0) is 38.1 Å². The number of nitrogens with two attached hydrogens (primary N) is 1. The molecule has 0 spiro atoms. The van der Waals surface area contributed by atoms with Gasteiger partial charge < -0.3 is 10.5 Å². The number of halogens is 1. The second-order valence-corrected chi connectivity index (χ2v) is 5.77. The Kier molecular flexibility index (Phi) is 4.56. The lowest BCUT2D eigenvalue weighted by Gasteiger charge is -2.12. The number of pyridine rings is 1. The predicted molar refractivity (Wildman–Crippen MR) is 80.0 cm³/mol. The molecule has 2 N–H and O–H groups in total. The lowest BCUT2D eigenvalue weighted by molar-refractivity contribution is 0.242. The number of aromatic nitrogens is 1. The van der Waals surface area contributed by atoms with Crippen LogP contribution >= 0.6 is 23.4 Å². The fourth-order valence-corrected chi connectivity index (χ4v) is 2.66. The molecule has 0 unspecified atom stereocenters. The number of rotatable bonds is 4. The third-order valence-corrected chi connectivity index (χ3v) is 3.62. The molecule has 19 heavy (non-hydrogen) atoms. The van der Waals surface area contributed by atoms with Crippen LogP contribution in [0.15, 0.2) is 46.5 Å². The van der Waals surface area contributed by atoms with Gasteiger partial charge in [0.1, 0.15) is 10.8 Å². The Morgan fingerprint density at radius 2 is 2.11 bits per heavy atom. The summed E-state index contributed by atoms with van der Waals surface area (Å²) >= 11 is 7.56. The zero-order valence-electron chi connectivity index (χ0n) is 10.8. The number of nitrogen functional groups attached to an aromatic ring is 1. The first-order chi connectivity index (χ1) is 9.04. The molecule has 3 nitrogen and oxygen atoms in total. The minimum absolute atomic E-state index is 0.109. The fourth-order valence-electron chi connectivity index (χ4n) is 1.55. The first-order valence-corrected chi connectivity index (χ1v) is 7.09. The SMILES string of the molecule is CC(C)Oc1cc(N)cc(Sc2ncccc2Cl)c1. The quantitative estimate of drug-likeness (QED) is 0.856. The maximum Gasteiger partial charge on any atom is 0.122 e. The Hall–Kier alpha value is -1.39. The summed E-state index contributed by atoms with van der Waals surface area (Å²) in [7, 11) is 0. The Balaban J connectivity index is 2.25. The van der Waals surface area contributed by atoms with Crippen molar-refractivity contribution in [2.75, 3.05) is 5.73 Å². The van der Waals surface area contributed by atoms with E-state index in [9.17, 15) is 0 Å². The zero-order valence-corrected chi connectivity index (χ0v) is 12.3. The summed E-state index contributed by atoms with van der Waals surface area (Å²) in [5.41, 5.74) is 6.54. The van der Waals surface area contributed by atoms with Crippen molar-refractivity contribution in [3.63, 3.8) is 0 Å². The monoisotopic (exact) mass is 294 g/mol. The van der Waals surface area contributed by atoms with Gasteiger partial charge in [-0.3, -0.25) is 0 Å². The topological polar surface area (TPSA) is 48.1 Å². The molecule has 0 bridgehead atoms. The van der Waals surface area contributed by atoms with E-state index in [1.54, 1.807) is 12.3 Å². The van der Waals surface area contributed by atoms with Crippen LogP contribution < -0.4 is 10.5 Å². The van der Waals surface area contributed by atoms with Crippen molar-refractivity contribution in [2.45, 2.75) is 29.9 Å². The molecule has 0 aliphatic heterocycles. The molecule has 100 valence electrons. The van der Waals surface area contributed by atoms with Crippen molar-refractivity contribution < 1.29 is 4.74 Å². The van der Waals surface area contributed by atoms with Gasteiger partial charge in [-0.2, -0.15) is 0 Å². The summed E-state index contributed by atoms with van der Waals surface area (Å²) in [5.74, 6) is 0.754. The van der Waals surface area contributed by atoms with E-state index in [4.69, 9.17) is 22.1 Å². The second kappa shape index (κ2) is 6.17. The minimum atomic E-state index is 0.109. The van der Waals surface area contributed by atoms with Crippen molar-refractivity contribution >= 4 is 29.1 Å². The van der Waals surface area contributed by atoms with Crippen molar-refractivity contribution in [2.24, 2.45) is 0 Å². The Morgan fingerprint density at radius 3 is 2.79 bits per heavy atom. The molecule has 0 aliphatic rings. The summed E-state index contributed by atoms with van der Waals surface area (Å²) in [4.78, 5) is 5.20. The summed E-state index contributed by atoms with van der Waals surface area (Å²) in [5, 5.41) is 1.38. The molecule has 0 atom stereocenters.